The molecular formula is C18H15F3N2. The van der Waals surface area contributed by atoms with Crippen LogP contribution in [0.4, 0.5) is 13.2 Å². The zero-order valence-electron chi connectivity index (χ0n) is 12.6. The van der Waals surface area contributed by atoms with E-state index in [2.05, 4.69) is 9.97 Å². The van der Waals surface area contributed by atoms with Gasteiger partial charge in [-0.3, -0.25) is 0 Å². The topological polar surface area (TPSA) is 25.8 Å². The van der Waals surface area contributed by atoms with Crippen molar-refractivity contribution in [2.24, 2.45) is 0 Å². The number of benzene rings is 2. The van der Waals surface area contributed by atoms with Crippen molar-refractivity contribution in [2.75, 3.05) is 0 Å². The van der Waals surface area contributed by atoms with E-state index in [1.807, 2.05) is 37.3 Å². The minimum absolute atomic E-state index is 0.0386. The molecule has 0 N–H and O–H groups in total. The van der Waals surface area contributed by atoms with E-state index < -0.39 is 12.6 Å². The van der Waals surface area contributed by atoms with Gasteiger partial charge < -0.3 is 0 Å². The molecule has 0 aliphatic heterocycles. The largest absolute Gasteiger partial charge is 0.389 e. The summed E-state index contributed by atoms with van der Waals surface area (Å²) in [6.07, 6.45) is -3.55. The molecule has 0 amide bonds. The molecule has 0 bridgehead atoms. The summed E-state index contributed by atoms with van der Waals surface area (Å²) in [5.41, 5.74) is 4.19. The summed E-state index contributed by atoms with van der Waals surface area (Å²) in [5, 5.41) is 0.845. The number of rotatable bonds is 3. The van der Waals surface area contributed by atoms with Gasteiger partial charge in [-0.25, -0.2) is 9.97 Å². The normalized spacial score (nSPS) is 11.8. The SMILES string of the molecule is Cc1ccccc1-c1ncnc2cc(CCC(F)(F)F)ccc12. The van der Waals surface area contributed by atoms with E-state index in [1.165, 1.54) is 6.33 Å². The van der Waals surface area contributed by atoms with Gasteiger partial charge in [0, 0.05) is 17.4 Å². The second-order valence-corrected chi connectivity index (χ2v) is 5.50. The molecule has 0 aliphatic carbocycles. The lowest BCUT2D eigenvalue weighted by Gasteiger charge is -2.10. The summed E-state index contributed by atoms with van der Waals surface area (Å²) in [6, 6.07) is 13.1. The van der Waals surface area contributed by atoms with Gasteiger partial charge in [0.05, 0.1) is 11.2 Å². The highest BCUT2D eigenvalue weighted by molar-refractivity contribution is 5.93. The second-order valence-electron chi connectivity index (χ2n) is 5.50. The summed E-state index contributed by atoms with van der Waals surface area (Å²) in [7, 11) is 0. The first-order valence-electron chi connectivity index (χ1n) is 7.30. The van der Waals surface area contributed by atoms with Crippen LogP contribution in [0.3, 0.4) is 0 Å². The molecule has 0 atom stereocenters. The van der Waals surface area contributed by atoms with Crippen molar-refractivity contribution < 1.29 is 13.2 Å². The Morgan fingerprint density at radius 3 is 2.52 bits per heavy atom. The average Bonchev–Trinajstić information content (AvgIpc) is 2.52. The van der Waals surface area contributed by atoms with Gasteiger partial charge in [0.15, 0.2) is 0 Å². The minimum Gasteiger partial charge on any atom is -0.236 e. The Hall–Kier alpha value is -2.43. The molecule has 3 rings (SSSR count). The van der Waals surface area contributed by atoms with E-state index in [0.717, 1.165) is 22.2 Å². The van der Waals surface area contributed by atoms with Gasteiger partial charge in [-0.05, 0) is 30.5 Å². The van der Waals surface area contributed by atoms with Crippen LogP contribution in [0.1, 0.15) is 17.5 Å². The average molecular weight is 316 g/mol. The molecule has 3 aromatic rings. The van der Waals surface area contributed by atoms with Crippen molar-refractivity contribution in [3.05, 3.63) is 59.9 Å². The number of aryl methyl sites for hydroxylation is 2. The third-order valence-corrected chi connectivity index (χ3v) is 3.80. The Kier molecular flexibility index (Phi) is 4.03. The molecule has 5 heteroatoms. The van der Waals surface area contributed by atoms with Gasteiger partial charge in [-0.15, -0.1) is 0 Å². The zero-order valence-corrected chi connectivity index (χ0v) is 12.6. The first-order chi connectivity index (χ1) is 10.9. The molecule has 1 aromatic heterocycles. The van der Waals surface area contributed by atoms with E-state index in [9.17, 15) is 13.2 Å². The first-order valence-corrected chi connectivity index (χ1v) is 7.30. The van der Waals surface area contributed by atoms with Crippen molar-refractivity contribution in [1.82, 2.24) is 9.97 Å². The number of halogens is 3. The zero-order chi connectivity index (χ0) is 16.4. The maximum absolute atomic E-state index is 12.4. The fraction of sp³-hybridized carbons (Fsp3) is 0.222. The number of aromatic nitrogens is 2. The standard InChI is InChI=1S/C18H15F3N2/c1-12-4-2-3-5-14(12)17-15-7-6-13(8-9-18(19,20)21)10-16(15)22-11-23-17/h2-7,10-11H,8-9H2,1H3. The molecule has 118 valence electrons. The van der Waals surface area contributed by atoms with Crippen LogP contribution in [-0.2, 0) is 6.42 Å². The van der Waals surface area contributed by atoms with Crippen molar-refractivity contribution in [2.45, 2.75) is 25.9 Å². The molecule has 0 fully saturated rings. The lowest BCUT2D eigenvalue weighted by molar-refractivity contribution is -0.133. The van der Waals surface area contributed by atoms with E-state index in [0.29, 0.717) is 11.1 Å². The number of fused-ring (bicyclic) bond motifs is 1. The van der Waals surface area contributed by atoms with E-state index in [-0.39, 0.29) is 6.42 Å². The van der Waals surface area contributed by atoms with Gasteiger partial charge in [-0.2, -0.15) is 13.2 Å². The molecule has 2 aromatic carbocycles. The van der Waals surface area contributed by atoms with E-state index in [1.54, 1.807) is 12.1 Å². The van der Waals surface area contributed by atoms with Crippen LogP contribution in [0.15, 0.2) is 48.8 Å². The van der Waals surface area contributed by atoms with Crippen LogP contribution in [0.2, 0.25) is 0 Å². The van der Waals surface area contributed by atoms with Crippen LogP contribution >= 0.6 is 0 Å². The monoisotopic (exact) mass is 316 g/mol. The Morgan fingerprint density at radius 2 is 1.78 bits per heavy atom. The molecule has 0 unspecified atom stereocenters. The van der Waals surface area contributed by atoms with Gasteiger partial charge in [0.2, 0.25) is 0 Å². The minimum atomic E-state index is -4.15. The van der Waals surface area contributed by atoms with Crippen LogP contribution in [0.25, 0.3) is 22.2 Å². The highest BCUT2D eigenvalue weighted by Crippen LogP contribution is 2.29. The lowest BCUT2D eigenvalue weighted by atomic mass is 10.00. The molecule has 0 saturated heterocycles. The van der Waals surface area contributed by atoms with Gasteiger partial charge in [-0.1, -0.05) is 36.4 Å². The Labute approximate surface area is 132 Å². The summed E-state index contributed by atoms with van der Waals surface area (Å²) >= 11 is 0. The number of hydrogen-bond donors (Lipinski definition) is 0. The van der Waals surface area contributed by atoms with Crippen LogP contribution in [-0.4, -0.2) is 16.1 Å². The van der Waals surface area contributed by atoms with Crippen molar-refractivity contribution in [3.8, 4) is 11.3 Å². The fourth-order valence-electron chi connectivity index (χ4n) is 2.60. The quantitative estimate of drug-likeness (QED) is 0.672. The smallest absolute Gasteiger partial charge is 0.236 e. The molecule has 23 heavy (non-hydrogen) atoms. The van der Waals surface area contributed by atoms with Crippen LogP contribution < -0.4 is 0 Å². The van der Waals surface area contributed by atoms with Crippen molar-refractivity contribution in [1.29, 1.82) is 0 Å². The number of alkyl halides is 3. The maximum atomic E-state index is 12.4. The van der Waals surface area contributed by atoms with E-state index in [4.69, 9.17) is 0 Å². The predicted molar refractivity (Wildman–Crippen MR) is 84.1 cm³/mol. The Bertz CT molecular complexity index is 841. The Balaban J connectivity index is 2.01. The van der Waals surface area contributed by atoms with E-state index >= 15 is 0 Å². The summed E-state index contributed by atoms with van der Waals surface area (Å²) in [6.45, 7) is 2.00. The number of hydrogen-bond acceptors (Lipinski definition) is 2. The first kappa shape index (κ1) is 15.5. The number of nitrogens with zero attached hydrogens (tertiary/aromatic N) is 2. The maximum Gasteiger partial charge on any atom is 0.389 e. The molecule has 0 radical (unpaired) electrons. The van der Waals surface area contributed by atoms with Gasteiger partial charge >= 0.3 is 6.18 Å². The highest BCUT2D eigenvalue weighted by atomic mass is 19.4. The molecule has 2 nitrogen and oxygen atoms in total. The Morgan fingerprint density at radius 1 is 1.00 bits per heavy atom. The lowest BCUT2D eigenvalue weighted by Crippen LogP contribution is -2.08. The fourth-order valence-corrected chi connectivity index (χ4v) is 2.60. The predicted octanol–water partition coefficient (Wildman–Crippen LogP) is 5.10. The van der Waals surface area contributed by atoms with Gasteiger partial charge in [0.1, 0.15) is 6.33 Å². The van der Waals surface area contributed by atoms with Crippen LogP contribution in [0.5, 0.6) is 0 Å². The molecular weight excluding hydrogens is 301 g/mol. The van der Waals surface area contributed by atoms with Crippen molar-refractivity contribution in [3.63, 3.8) is 0 Å². The van der Waals surface area contributed by atoms with Crippen molar-refractivity contribution >= 4 is 10.9 Å². The highest BCUT2D eigenvalue weighted by Gasteiger charge is 2.26. The molecule has 0 aliphatic rings. The second kappa shape index (κ2) is 5.99. The summed E-state index contributed by atoms with van der Waals surface area (Å²) in [5.74, 6) is 0. The third-order valence-electron chi connectivity index (χ3n) is 3.80. The molecule has 0 spiro atoms. The summed E-state index contributed by atoms with van der Waals surface area (Å²) in [4.78, 5) is 8.57. The molecule has 1 heterocycles. The van der Waals surface area contributed by atoms with Gasteiger partial charge in [0.25, 0.3) is 0 Å². The molecule has 0 saturated carbocycles. The third kappa shape index (κ3) is 3.50. The van der Waals surface area contributed by atoms with Crippen LogP contribution in [0, 0.1) is 6.92 Å². The summed E-state index contributed by atoms with van der Waals surface area (Å²) < 4.78 is 37.1.